The molecule has 2 rings (SSSR count). The molecule has 0 aliphatic carbocycles. The van der Waals surface area contributed by atoms with E-state index in [1.54, 1.807) is 38.1 Å². The first-order valence-corrected chi connectivity index (χ1v) is 13.5. The van der Waals surface area contributed by atoms with Gasteiger partial charge in [-0.2, -0.15) is 0 Å². The highest BCUT2D eigenvalue weighted by atomic mass is 16.7. The quantitative estimate of drug-likeness (QED) is 0.0267. The van der Waals surface area contributed by atoms with Crippen LogP contribution in [0.25, 0.3) is 10.4 Å². The van der Waals surface area contributed by atoms with Gasteiger partial charge in [-0.3, -0.25) is 24.5 Å². The Labute approximate surface area is 256 Å². The number of benzene rings is 2. The smallest absolute Gasteiger partial charge is 0.429 e. The van der Waals surface area contributed by atoms with E-state index in [1.165, 1.54) is 24.3 Å². The molecule has 18 nitrogen and oxygen atoms in total. The Morgan fingerprint density at radius 3 is 2.27 bits per heavy atom. The summed E-state index contributed by atoms with van der Waals surface area (Å²) in [4.78, 5) is 73.9. The Morgan fingerprint density at radius 1 is 1.02 bits per heavy atom. The highest BCUT2D eigenvalue weighted by molar-refractivity contribution is 5.98. The Balaban J connectivity index is 2.00. The largest absolute Gasteiger partial charge is 0.514 e. The van der Waals surface area contributed by atoms with Gasteiger partial charge in [0.15, 0.2) is 0 Å². The summed E-state index contributed by atoms with van der Waals surface area (Å²) < 4.78 is 10.0. The summed E-state index contributed by atoms with van der Waals surface area (Å²) in [5.41, 5.74) is 14.2. The topological polar surface area (TPSA) is 270 Å². The third-order valence-electron chi connectivity index (χ3n) is 5.97. The molecule has 0 saturated heterocycles. The lowest BCUT2D eigenvalue weighted by molar-refractivity contribution is -0.384. The van der Waals surface area contributed by atoms with Crippen molar-refractivity contribution in [3.8, 4) is 5.75 Å². The molecule has 5 amide bonds. The lowest BCUT2D eigenvalue weighted by Gasteiger charge is -2.25. The van der Waals surface area contributed by atoms with Crippen LogP contribution >= 0.6 is 0 Å². The molecule has 0 saturated carbocycles. The van der Waals surface area contributed by atoms with Crippen molar-refractivity contribution < 1.29 is 38.4 Å². The van der Waals surface area contributed by atoms with Crippen LogP contribution < -0.4 is 31.7 Å². The molecule has 240 valence electrons. The minimum Gasteiger partial charge on any atom is -0.429 e. The SMILES string of the molecule is CC(C)[C@H](NC(=O)CN=[N+]=[N-])C(=O)N[C@@H](CCCNC(N)=O)C(=O)Nc1ccc(COC(=O)Oc2ccc([N+](=O)[O-])cc2)cc1. The van der Waals surface area contributed by atoms with Crippen molar-refractivity contribution in [1.82, 2.24) is 16.0 Å². The highest BCUT2D eigenvalue weighted by Gasteiger charge is 2.28. The molecular weight excluding hydrogens is 594 g/mol. The van der Waals surface area contributed by atoms with Crippen molar-refractivity contribution in [2.45, 2.75) is 45.4 Å². The van der Waals surface area contributed by atoms with E-state index < -0.39 is 53.5 Å². The minimum absolute atomic E-state index is 0.0611. The zero-order chi connectivity index (χ0) is 33.4. The molecule has 2 atom stereocenters. The fourth-order valence-electron chi connectivity index (χ4n) is 3.72. The predicted molar refractivity (Wildman–Crippen MR) is 159 cm³/mol. The number of urea groups is 1. The fraction of sp³-hybridized carbons (Fsp3) is 0.370. The number of ether oxygens (including phenoxy) is 2. The van der Waals surface area contributed by atoms with Crippen LogP contribution in [0, 0.1) is 16.0 Å². The van der Waals surface area contributed by atoms with E-state index in [1.807, 2.05) is 0 Å². The molecule has 2 aromatic rings. The number of hydrogen-bond acceptors (Lipinski definition) is 10. The molecule has 6 N–H and O–H groups in total. The number of hydrogen-bond donors (Lipinski definition) is 5. The van der Waals surface area contributed by atoms with Gasteiger partial charge < -0.3 is 36.5 Å². The first-order chi connectivity index (χ1) is 21.4. The lowest BCUT2D eigenvalue weighted by atomic mass is 10.0. The van der Waals surface area contributed by atoms with Crippen molar-refractivity contribution >= 4 is 41.3 Å². The fourth-order valence-corrected chi connectivity index (χ4v) is 3.72. The van der Waals surface area contributed by atoms with Crippen molar-refractivity contribution in [3.05, 3.63) is 74.7 Å². The van der Waals surface area contributed by atoms with E-state index in [2.05, 4.69) is 31.3 Å². The first kappa shape index (κ1) is 35.3. The number of nitrogens with one attached hydrogen (secondary N) is 4. The highest BCUT2D eigenvalue weighted by Crippen LogP contribution is 2.18. The summed E-state index contributed by atoms with van der Waals surface area (Å²) in [5.74, 6) is -2.21. The van der Waals surface area contributed by atoms with Gasteiger partial charge in [0.25, 0.3) is 5.69 Å². The maximum atomic E-state index is 13.2. The van der Waals surface area contributed by atoms with Crippen molar-refractivity contribution in [2.24, 2.45) is 16.8 Å². The predicted octanol–water partition coefficient (Wildman–Crippen LogP) is 2.63. The van der Waals surface area contributed by atoms with Crippen LogP contribution in [0.4, 0.5) is 21.0 Å². The Morgan fingerprint density at radius 2 is 1.69 bits per heavy atom. The molecule has 0 unspecified atom stereocenters. The molecule has 0 aliphatic heterocycles. The van der Waals surface area contributed by atoms with Gasteiger partial charge in [0.1, 0.15) is 31.0 Å². The number of amides is 5. The number of carbonyl (C=O) groups is 5. The zero-order valence-corrected chi connectivity index (χ0v) is 24.4. The molecule has 0 aliphatic rings. The van der Waals surface area contributed by atoms with Gasteiger partial charge in [-0.15, -0.1) is 0 Å². The molecule has 0 spiro atoms. The zero-order valence-electron chi connectivity index (χ0n) is 24.4. The van der Waals surface area contributed by atoms with Crippen LogP contribution in [0.15, 0.2) is 53.6 Å². The number of nitro groups is 1. The number of nitrogens with zero attached hydrogens (tertiary/aromatic N) is 4. The number of primary amides is 1. The Hall–Kier alpha value is -5.90. The summed E-state index contributed by atoms with van der Waals surface area (Å²) in [7, 11) is 0. The third kappa shape index (κ3) is 12.9. The monoisotopic (exact) mass is 627 g/mol. The standard InChI is InChI=1S/C27H33N9O9/c1-16(2)23(34-22(37)14-31-35-29)25(39)33-21(4-3-13-30-26(28)40)24(38)32-18-7-5-17(6-8-18)15-44-27(41)45-20-11-9-19(10-12-20)36(42)43/h5-12,16,21,23H,3-4,13-15H2,1-2H3,(H,32,38)(H,33,39)(H,34,37)(H3,28,30,40)/t21-,23-/m0/s1. The number of nitro benzene ring substituents is 1. The number of non-ortho nitro benzene ring substituents is 1. The van der Waals surface area contributed by atoms with Crippen molar-refractivity contribution in [1.29, 1.82) is 0 Å². The second-order valence-electron chi connectivity index (χ2n) is 9.75. The molecule has 2 aromatic carbocycles. The van der Waals surface area contributed by atoms with Crippen LogP contribution in [0.3, 0.4) is 0 Å². The average Bonchev–Trinajstić information content (AvgIpc) is 2.99. The summed E-state index contributed by atoms with van der Waals surface area (Å²) in [6, 6.07) is 8.26. The average molecular weight is 628 g/mol. The number of carbonyl (C=O) groups excluding carboxylic acids is 5. The van der Waals surface area contributed by atoms with Crippen LogP contribution in [0.5, 0.6) is 5.75 Å². The van der Waals surface area contributed by atoms with Gasteiger partial charge in [-0.1, -0.05) is 31.1 Å². The van der Waals surface area contributed by atoms with Crippen LogP contribution in [-0.4, -0.2) is 60.0 Å². The van der Waals surface area contributed by atoms with Crippen LogP contribution in [-0.2, 0) is 25.7 Å². The van der Waals surface area contributed by atoms with Gasteiger partial charge in [0.2, 0.25) is 17.7 Å². The Bertz CT molecular complexity index is 1410. The number of azide groups is 1. The van der Waals surface area contributed by atoms with E-state index in [0.29, 0.717) is 11.3 Å². The van der Waals surface area contributed by atoms with E-state index in [9.17, 15) is 34.1 Å². The number of nitrogens with two attached hydrogens (primary N) is 1. The first-order valence-electron chi connectivity index (χ1n) is 13.5. The maximum Gasteiger partial charge on any atom is 0.514 e. The molecule has 0 heterocycles. The maximum absolute atomic E-state index is 13.2. The third-order valence-corrected chi connectivity index (χ3v) is 5.97. The van der Waals surface area contributed by atoms with Crippen LogP contribution in [0.2, 0.25) is 0 Å². The van der Waals surface area contributed by atoms with E-state index in [0.717, 1.165) is 0 Å². The van der Waals surface area contributed by atoms with Crippen molar-refractivity contribution in [2.75, 3.05) is 18.4 Å². The molecule has 0 bridgehead atoms. The van der Waals surface area contributed by atoms with Gasteiger partial charge in [0, 0.05) is 29.3 Å². The molecular formula is C27H33N9O9. The van der Waals surface area contributed by atoms with Gasteiger partial charge >= 0.3 is 12.2 Å². The van der Waals surface area contributed by atoms with Crippen molar-refractivity contribution in [3.63, 3.8) is 0 Å². The van der Waals surface area contributed by atoms with Gasteiger partial charge in [-0.25, -0.2) is 9.59 Å². The van der Waals surface area contributed by atoms with E-state index >= 15 is 0 Å². The van der Waals surface area contributed by atoms with Gasteiger partial charge in [0.05, 0.1) is 4.92 Å². The number of anilines is 1. The minimum atomic E-state index is -1.07. The summed E-state index contributed by atoms with van der Waals surface area (Å²) in [6.45, 7) is 2.84. The summed E-state index contributed by atoms with van der Waals surface area (Å²) >= 11 is 0. The normalized spacial score (nSPS) is 11.6. The molecule has 0 aromatic heterocycles. The molecule has 0 radical (unpaired) electrons. The second kappa shape index (κ2) is 17.9. The Kier molecular flexibility index (Phi) is 14.1. The molecule has 18 heteroatoms. The molecule has 45 heavy (non-hydrogen) atoms. The number of rotatable bonds is 16. The second-order valence-corrected chi connectivity index (χ2v) is 9.75. The van der Waals surface area contributed by atoms with E-state index in [4.69, 9.17) is 20.7 Å². The van der Waals surface area contributed by atoms with E-state index in [-0.39, 0.29) is 43.3 Å². The molecule has 0 fully saturated rings. The summed E-state index contributed by atoms with van der Waals surface area (Å²) in [6.07, 6.45) is -0.638. The van der Waals surface area contributed by atoms with Crippen LogP contribution in [0.1, 0.15) is 32.3 Å². The lowest BCUT2D eigenvalue weighted by Crippen LogP contribution is -2.55. The van der Waals surface area contributed by atoms with Gasteiger partial charge in [-0.05, 0) is 54.1 Å². The summed E-state index contributed by atoms with van der Waals surface area (Å²) in [5, 5.41) is 24.1.